The van der Waals surface area contributed by atoms with Crippen LogP contribution >= 0.6 is 34.2 Å². The summed E-state index contributed by atoms with van der Waals surface area (Å²) < 4.78 is 6.38. The molecule has 2 nitrogen and oxygen atoms in total. The lowest BCUT2D eigenvalue weighted by atomic mass is 10.2. The van der Waals surface area contributed by atoms with Gasteiger partial charge in [-0.1, -0.05) is 12.1 Å². The van der Waals surface area contributed by atoms with Crippen LogP contribution in [-0.2, 0) is 6.42 Å². The van der Waals surface area contributed by atoms with Crippen molar-refractivity contribution in [2.75, 3.05) is 5.88 Å². The fourth-order valence-electron chi connectivity index (χ4n) is 1.55. The van der Waals surface area contributed by atoms with Crippen LogP contribution in [0.3, 0.4) is 0 Å². The molecule has 0 unspecified atom stereocenters. The van der Waals surface area contributed by atoms with Crippen LogP contribution in [0.25, 0.3) is 11.0 Å². The molecule has 0 amide bonds. The van der Waals surface area contributed by atoms with Gasteiger partial charge in [-0.2, -0.15) is 0 Å². The molecular weight excluding hydrogens is 338 g/mol. The van der Waals surface area contributed by atoms with Crippen molar-refractivity contribution in [2.45, 2.75) is 12.8 Å². The molecule has 0 saturated heterocycles. The number of fused-ring (bicyclic) bond motifs is 1. The average molecular weight is 349 g/mol. The highest BCUT2D eigenvalue weighted by Gasteiger charge is 2.10. The van der Waals surface area contributed by atoms with Crippen molar-refractivity contribution < 1.29 is 4.42 Å². The van der Waals surface area contributed by atoms with Crippen molar-refractivity contribution in [3.8, 4) is 0 Å². The molecule has 0 bridgehead atoms. The van der Waals surface area contributed by atoms with Gasteiger partial charge >= 0.3 is 0 Å². The Bertz CT molecular complexity index is 562. The lowest BCUT2D eigenvalue weighted by molar-refractivity contribution is 0.527. The Balaban J connectivity index is 2.60. The van der Waals surface area contributed by atoms with Crippen molar-refractivity contribution in [2.24, 2.45) is 0 Å². The lowest BCUT2D eigenvalue weighted by Crippen LogP contribution is -2.09. The monoisotopic (exact) mass is 348 g/mol. The van der Waals surface area contributed by atoms with E-state index in [0.29, 0.717) is 26.8 Å². The second kappa shape index (κ2) is 5.19. The lowest BCUT2D eigenvalue weighted by Gasteiger charge is -2.04. The fraction of sp³-hybridized carbons (Fsp3) is 0.250. The summed E-state index contributed by atoms with van der Waals surface area (Å²) in [6, 6.07) is 7.31. The van der Waals surface area contributed by atoms with Crippen molar-refractivity contribution in [3.63, 3.8) is 0 Å². The average Bonchev–Trinajstić information content (AvgIpc) is 2.32. The second-order valence-corrected chi connectivity index (χ2v) is 4.91. The largest absolute Gasteiger partial charge is 0.460 e. The van der Waals surface area contributed by atoms with E-state index < -0.39 is 0 Å². The van der Waals surface area contributed by atoms with E-state index in [1.165, 1.54) is 0 Å². The number of rotatable bonds is 3. The van der Waals surface area contributed by atoms with Crippen LogP contribution < -0.4 is 5.43 Å². The molecule has 0 N–H and O–H groups in total. The molecule has 2 aromatic rings. The van der Waals surface area contributed by atoms with Gasteiger partial charge in [-0.25, -0.2) is 0 Å². The van der Waals surface area contributed by atoms with Gasteiger partial charge in [0.25, 0.3) is 0 Å². The highest BCUT2D eigenvalue weighted by atomic mass is 127. The molecule has 0 atom stereocenters. The van der Waals surface area contributed by atoms with Gasteiger partial charge in [0.1, 0.15) is 11.3 Å². The zero-order valence-electron chi connectivity index (χ0n) is 8.50. The highest BCUT2D eigenvalue weighted by Crippen LogP contribution is 2.18. The van der Waals surface area contributed by atoms with Crippen LogP contribution in [0.1, 0.15) is 12.2 Å². The summed E-state index contributed by atoms with van der Waals surface area (Å²) in [6.45, 7) is 0. The van der Waals surface area contributed by atoms with Gasteiger partial charge < -0.3 is 4.42 Å². The first-order valence-corrected chi connectivity index (χ1v) is 6.61. The molecule has 0 radical (unpaired) electrons. The standard InChI is InChI=1S/C12H10ClIO2/c13-7-3-6-10-11(14)12(15)8-4-1-2-5-9(8)16-10/h1-2,4-5H,3,6-7H2. The third-order valence-corrected chi connectivity index (χ3v) is 3.71. The van der Waals surface area contributed by atoms with Crippen LogP contribution in [0, 0.1) is 3.57 Å². The molecule has 16 heavy (non-hydrogen) atoms. The molecule has 0 fully saturated rings. The van der Waals surface area contributed by atoms with Crippen LogP contribution in [0.15, 0.2) is 33.5 Å². The van der Waals surface area contributed by atoms with Gasteiger partial charge in [0.05, 0.1) is 8.96 Å². The normalized spacial score (nSPS) is 10.9. The maximum atomic E-state index is 12.0. The van der Waals surface area contributed by atoms with Crippen LogP contribution in [-0.4, -0.2) is 5.88 Å². The van der Waals surface area contributed by atoms with Crippen molar-refractivity contribution in [1.29, 1.82) is 0 Å². The zero-order chi connectivity index (χ0) is 11.5. The molecule has 0 aliphatic carbocycles. The molecular formula is C12H10ClIO2. The van der Waals surface area contributed by atoms with Gasteiger partial charge in [-0.3, -0.25) is 4.79 Å². The number of aryl methyl sites for hydroxylation is 1. The van der Waals surface area contributed by atoms with Crippen molar-refractivity contribution in [3.05, 3.63) is 43.8 Å². The first kappa shape index (κ1) is 11.9. The molecule has 0 saturated carbocycles. The van der Waals surface area contributed by atoms with E-state index in [0.717, 1.165) is 12.2 Å². The number of hydrogen-bond acceptors (Lipinski definition) is 2. The van der Waals surface area contributed by atoms with E-state index in [1.54, 1.807) is 6.07 Å². The summed E-state index contributed by atoms with van der Waals surface area (Å²) in [4.78, 5) is 12.0. The van der Waals surface area contributed by atoms with E-state index in [4.69, 9.17) is 16.0 Å². The molecule has 1 aromatic carbocycles. The van der Waals surface area contributed by atoms with Crippen LogP contribution in [0.5, 0.6) is 0 Å². The first-order chi connectivity index (χ1) is 7.74. The summed E-state index contributed by atoms with van der Waals surface area (Å²) in [6.07, 6.45) is 1.53. The smallest absolute Gasteiger partial charge is 0.206 e. The summed E-state index contributed by atoms with van der Waals surface area (Å²) in [5, 5.41) is 0.640. The van der Waals surface area contributed by atoms with Crippen LogP contribution in [0.4, 0.5) is 0 Å². The number of para-hydroxylation sites is 1. The Labute approximate surface area is 112 Å². The van der Waals surface area contributed by atoms with E-state index in [1.807, 2.05) is 40.8 Å². The Morgan fingerprint density at radius 2 is 2.06 bits per heavy atom. The number of benzene rings is 1. The first-order valence-electron chi connectivity index (χ1n) is 5.00. The van der Waals surface area contributed by atoms with Gasteiger partial charge in [0.2, 0.25) is 5.43 Å². The Kier molecular flexibility index (Phi) is 3.86. The third-order valence-electron chi connectivity index (χ3n) is 2.35. The van der Waals surface area contributed by atoms with Gasteiger partial charge in [0.15, 0.2) is 0 Å². The van der Waals surface area contributed by atoms with Crippen molar-refractivity contribution >= 4 is 45.2 Å². The summed E-state index contributed by atoms with van der Waals surface area (Å²) in [5.41, 5.74) is 0.699. The minimum atomic E-state index is 0.0482. The molecule has 1 heterocycles. The minimum absolute atomic E-state index is 0.0482. The summed E-state index contributed by atoms with van der Waals surface area (Å²) in [5.74, 6) is 1.32. The van der Waals surface area contributed by atoms with Gasteiger partial charge in [-0.15, -0.1) is 11.6 Å². The van der Waals surface area contributed by atoms with E-state index >= 15 is 0 Å². The van der Waals surface area contributed by atoms with E-state index in [9.17, 15) is 4.79 Å². The summed E-state index contributed by atoms with van der Waals surface area (Å²) in [7, 11) is 0. The maximum Gasteiger partial charge on any atom is 0.206 e. The maximum absolute atomic E-state index is 12.0. The number of hydrogen-bond donors (Lipinski definition) is 0. The highest BCUT2D eigenvalue weighted by molar-refractivity contribution is 14.1. The van der Waals surface area contributed by atoms with E-state index in [-0.39, 0.29) is 5.43 Å². The molecule has 0 aliphatic rings. The quantitative estimate of drug-likeness (QED) is 0.627. The molecule has 4 heteroatoms. The molecule has 2 rings (SSSR count). The Morgan fingerprint density at radius 1 is 1.31 bits per heavy atom. The zero-order valence-corrected chi connectivity index (χ0v) is 11.4. The minimum Gasteiger partial charge on any atom is -0.460 e. The molecule has 0 aliphatic heterocycles. The SMILES string of the molecule is O=c1c(I)c(CCCCl)oc2ccccc12. The topological polar surface area (TPSA) is 30.2 Å². The van der Waals surface area contributed by atoms with Gasteiger partial charge in [0, 0.05) is 12.3 Å². The predicted octanol–water partition coefficient (Wildman–Crippen LogP) is 3.57. The summed E-state index contributed by atoms with van der Waals surface area (Å²) >= 11 is 7.68. The van der Waals surface area contributed by atoms with Crippen LogP contribution in [0.2, 0.25) is 0 Å². The second-order valence-electron chi connectivity index (χ2n) is 3.46. The molecule has 84 valence electrons. The molecule has 0 spiro atoms. The molecule has 1 aromatic heterocycles. The fourth-order valence-corrected chi connectivity index (χ4v) is 2.36. The Hall–Kier alpha value is -0.550. The number of alkyl halides is 1. The Morgan fingerprint density at radius 3 is 2.81 bits per heavy atom. The van der Waals surface area contributed by atoms with Gasteiger partial charge in [-0.05, 0) is 41.1 Å². The van der Waals surface area contributed by atoms with E-state index in [2.05, 4.69) is 0 Å². The number of halogens is 2. The predicted molar refractivity (Wildman–Crippen MR) is 74.2 cm³/mol. The third kappa shape index (κ3) is 2.25. The van der Waals surface area contributed by atoms with Crippen molar-refractivity contribution in [1.82, 2.24) is 0 Å².